The third-order valence-electron chi connectivity index (χ3n) is 5.60. The number of benzene rings is 3. The zero-order chi connectivity index (χ0) is 24.9. The van der Waals surface area contributed by atoms with Crippen molar-refractivity contribution >= 4 is 22.6 Å². The molecule has 7 nitrogen and oxygen atoms in total. The van der Waals surface area contributed by atoms with Crippen LogP contribution in [-0.4, -0.2) is 25.2 Å². The lowest BCUT2D eigenvalue weighted by Gasteiger charge is -2.17. The lowest BCUT2D eigenvalue weighted by molar-refractivity contribution is 0.249. The van der Waals surface area contributed by atoms with E-state index < -0.39 is 0 Å². The van der Waals surface area contributed by atoms with E-state index in [1.54, 1.807) is 56.8 Å². The molecule has 0 spiro atoms. The van der Waals surface area contributed by atoms with E-state index in [1.807, 2.05) is 26.0 Å². The van der Waals surface area contributed by atoms with Crippen molar-refractivity contribution in [1.82, 2.24) is 10.3 Å². The lowest BCUT2D eigenvalue weighted by atomic mass is 10.1. The molecule has 4 aromatic rings. The number of fused-ring (bicyclic) bond motifs is 1. The molecule has 0 bridgehead atoms. The summed E-state index contributed by atoms with van der Waals surface area (Å²) in [5.41, 5.74) is 2.99. The molecule has 1 aromatic heterocycles. The first-order chi connectivity index (χ1) is 16.9. The highest BCUT2D eigenvalue weighted by atomic mass is 19.1. The number of hydrogen-bond acceptors (Lipinski definition) is 5. The van der Waals surface area contributed by atoms with Crippen LogP contribution in [0.2, 0.25) is 0 Å². The molecule has 180 valence electrons. The van der Waals surface area contributed by atoms with Gasteiger partial charge in [0.25, 0.3) is 0 Å². The van der Waals surface area contributed by atoms with E-state index in [2.05, 4.69) is 15.6 Å². The maximum Gasteiger partial charge on any atom is 0.319 e. The highest BCUT2D eigenvalue weighted by molar-refractivity contribution is 5.91. The van der Waals surface area contributed by atoms with Gasteiger partial charge in [-0.3, -0.25) is 4.98 Å². The number of aryl methyl sites for hydroxylation is 1. The molecule has 1 unspecified atom stereocenters. The maximum absolute atomic E-state index is 13.1. The van der Waals surface area contributed by atoms with E-state index in [-0.39, 0.29) is 17.9 Å². The molecule has 4 rings (SSSR count). The molecule has 0 saturated heterocycles. The summed E-state index contributed by atoms with van der Waals surface area (Å²) in [5, 5.41) is 6.48. The average Bonchev–Trinajstić information content (AvgIpc) is 2.85. The third kappa shape index (κ3) is 5.43. The predicted octanol–water partition coefficient (Wildman–Crippen LogP) is 6.37. The summed E-state index contributed by atoms with van der Waals surface area (Å²) < 4.78 is 30.0. The first kappa shape index (κ1) is 23.8. The van der Waals surface area contributed by atoms with Crippen LogP contribution >= 0.6 is 0 Å². The summed E-state index contributed by atoms with van der Waals surface area (Å²) in [6.07, 6.45) is 1.67. The van der Waals surface area contributed by atoms with Gasteiger partial charge in [0.1, 0.15) is 17.3 Å². The molecule has 0 radical (unpaired) electrons. The number of rotatable bonds is 7. The summed E-state index contributed by atoms with van der Waals surface area (Å²) in [5.74, 6) is 2.07. The van der Waals surface area contributed by atoms with Crippen LogP contribution in [0, 0.1) is 12.7 Å². The number of hydrogen-bond donors (Lipinski definition) is 2. The number of ether oxygens (including phenoxy) is 3. The van der Waals surface area contributed by atoms with Gasteiger partial charge in [0.15, 0.2) is 11.5 Å². The summed E-state index contributed by atoms with van der Waals surface area (Å²) in [7, 11) is 3.15. The largest absolute Gasteiger partial charge is 0.493 e. The fraction of sp³-hybridized carbons (Fsp3) is 0.185. The molecule has 0 fully saturated rings. The zero-order valence-electron chi connectivity index (χ0n) is 19.9. The highest BCUT2D eigenvalue weighted by Gasteiger charge is 2.13. The van der Waals surface area contributed by atoms with Crippen molar-refractivity contribution in [2.24, 2.45) is 0 Å². The predicted molar refractivity (Wildman–Crippen MR) is 133 cm³/mol. The highest BCUT2D eigenvalue weighted by Crippen LogP contribution is 2.37. The average molecular weight is 476 g/mol. The smallest absolute Gasteiger partial charge is 0.319 e. The van der Waals surface area contributed by atoms with Crippen molar-refractivity contribution in [3.8, 4) is 23.0 Å². The van der Waals surface area contributed by atoms with Crippen molar-refractivity contribution in [2.75, 3.05) is 19.5 Å². The Hall–Kier alpha value is -4.33. The second kappa shape index (κ2) is 10.3. The zero-order valence-corrected chi connectivity index (χ0v) is 19.9. The van der Waals surface area contributed by atoms with E-state index in [0.29, 0.717) is 34.2 Å². The second-order valence-corrected chi connectivity index (χ2v) is 7.98. The molecule has 8 heteroatoms. The number of anilines is 1. The number of nitrogens with one attached hydrogen (secondary N) is 2. The van der Waals surface area contributed by atoms with Gasteiger partial charge in [0.2, 0.25) is 0 Å². The van der Waals surface area contributed by atoms with Gasteiger partial charge in [-0.15, -0.1) is 0 Å². The Labute approximate surface area is 202 Å². The van der Waals surface area contributed by atoms with E-state index in [1.165, 1.54) is 12.1 Å². The first-order valence-electron chi connectivity index (χ1n) is 11.0. The number of pyridine rings is 1. The Balaban J connectivity index is 1.48. The molecule has 2 N–H and O–H groups in total. The topological polar surface area (TPSA) is 81.7 Å². The van der Waals surface area contributed by atoms with Crippen LogP contribution in [0.25, 0.3) is 10.9 Å². The van der Waals surface area contributed by atoms with Crippen molar-refractivity contribution in [3.63, 3.8) is 0 Å². The van der Waals surface area contributed by atoms with Gasteiger partial charge in [-0.05, 0) is 67.4 Å². The Morgan fingerprint density at radius 1 is 0.943 bits per heavy atom. The minimum Gasteiger partial charge on any atom is -0.493 e. The summed E-state index contributed by atoms with van der Waals surface area (Å²) >= 11 is 0. The molecule has 0 aliphatic heterocycles. The van der Waals surface area contributed by atoms with Crippen LogP contribution in [0.5, 0.6) is 23.0 Å². The normalized spacial score (nSPS) is 11.6. The number of carbonyl (C=O) groups is 1. The van der Waals surface area contributed by atoms with Gasteiger partial charge in [-0.25, -0.2) is 9.18 Å². The molecular weight excluding hydrogens is 449 g/mol. The van der Waals surface area contributed by atoms with Gasteiger partial charge < -0.3 is 24.8 Å². The van der Waals surface area contributed by atoms with E-state index in [9.17, 15) is 9.18 Å². The standard InChI is InChI=1S/C27H26FN3O4/c1-16-13-20(35-24-11-12-29-23-15-26(34-4)25(33-3)14-21(23)24)9-10-22(16)31-27(32)30-17(2)18-5-7-19(28)8-6-18/h5-15,17H,1-4H3,(H2,30,31,32). The summed E-state index contributed by atoms with van der Waals surface area (Å²) in [6, 6.07) is 16.2. The van der Waals surface area contributed by atoms with Gasteiger partial charge in [-0.1, -0.05) is 12.1 Å². The van der Waals surface area contributed by atoms with Crippen LogP contribution in [0.1, 0.15) is 24.1 Å². The number of carbonyl (C=O) groups excluding carboxylic acids is 1. The number of urea groups is 1. The molecule has 1 heterocycles. The number of halogens is 1. The van der Waals surface area contributed by atoms with E-state index in [4.69, 9.17) is 14.2 Å². The van der Waals surface area contributed by atoms with Gasteiger partial charge >= 0.3 is 6.03 Å². The number of amides is 2. The summed E-state index contributed by atoms with van der Waals surface area (Å²) in [4.78, 5) is 16.9. The van der Waals surface area contributed by atoms with Crippen molar-refractivity contribution < 1.29 is 23.4 Å². The van der Waals surface area contributed by atoms with E-state index >= 15 is 0 Å². The molecule has 0 aliphatic carbocycles. The molecule has 0 saturated carbocycles. The van der Waals surface area contributed by atoms with E-state index in [0.717, 1.165) is 16.5 Å². The van der Waals surface area contributed by atoms with Crippen molar-refractivity contribution in [3.05, 3.63) is 83.8 Å². The fourth-order valence-electron chi connectivity index (χ4n) is 3.69. The summed E-state index contributed by atoms with van der Waals surface area (Å²) in [6.45, 7) is 3.71. The Morgan fingerprint density at radius 2 is 1.66 bits per heavy atom. The molecular formula is C27H26FN3O4. The second-order valence-electron chi connectivity index (χ2n) is 7.98. The molecule has 3 aromatic carbocycles. The Morgan fingerprint density at radius 3 is 2.34 bits per heavy atom. The number of aromatic nitrogens is 1. The lowest BCUT2D eigenvalue weighted by Crippen LogP contribution is -2.31. The monoisotopic (exact) mass is 475 g/mol. The maximum atomic E-state index is 13.1. The Kier molecular flexibility index (Phi) is 7.01. The first-order valence-corrected chi connectivity index (χ1v) is 11.0. The fourth-order valence-corrected chi connectivity index (χ4v) is 3.69. The van der Waals surface area contributed by atoms with Crippen LogP contribution in [0.3, 0.4) is 0 Å². The van der Waals surface area contributed by atoms with Crippen LogP contribution in [0.15, 0.2) is 66.9 Å². The van der Waals surface area contributed by atoms with Crippen LogP contribution < -0.4 is 24.8 Å². The number of nitrogens with zero attached hydrogens (tertiary/aromatic N) is 1. The minimum atomic E-state index is -0.361. The van der Waals surface area contributed by atoms with Gasteiger partial charge in [0, 0.05) is 23.3 Å². The van der Waals surface area contributed by atoms with Crippen molar-refractivity contribution in [2.45, 2.75) is 19.9 Å². The Bertz CT molecular complexity index is 1360. The minimum absolute atomic E-state index is 0.283. The third-order valence-corrected chi connectivity index (χ3v) is 5.60. The van der Waals surface area contributed by atoms with Crippen LogP contribution in [0.4, 0.5) is 14.9 Å². The molecule has 35 heavy (non-hydrogen) atoms. The molecule has 2 amide bonds. The van der Waals surface area contributed by atoms with Crippen LogP contribution in [-0.2, 0) is 0 Å². The number of methoxy groups -OCH3 is 2. The quantitative estimate of drug-likeness (QED) is 0.324. The molecule has 1 atom stereocenters. The van der Waals surface area contributed by atoms with Gasteiger partial charge in [0.05, 0.1) is 25.8 Å². The molecule has 0 aliphatic rings. The van der Waals surface area contributed by atoms with Gasteiger partial charge in [-0.2, -0.15) is 0 Å². The SMILES string of the molecule is COc1cc2nccc(Oc3ccc(NC(=O)NC(C)c4ccc(F)cc4)c(C)c3)c2cc1OC. The van der Waals surface area contributed by atoms with Crippen molar-refractivity contribution in [1.29, 1.82) is 0 Å².